The van der Waals surface area contributed by atoms with Gasteiger partial charge in [-0.15, -0.1) is 0 Å². The normalized spacial score (nSPS) is 21.0. The fraction of sp³-hybridized carbons (Fsp3) is 0.650. The highest BCUT2D eigenvalue weighted by molar-refractivity contribution is 6.30. The molecule has 0 spiro atoms. The molecule has 1 aromatic rings. The summed E-state index contributed by atoms with van der Waals surface area (Å²) in [6, 6.07) is 8.16. The standard InChI is InChI=1S/C20H29ClN2O2/c21-18-8-6-17(7-9-18)19(23-10-12-25-13-11-23)15-22-20(24)14-16-4-2-1-3-5-16/h6-9,16,19H,1-5,10-15H2,(H,22,24). The summed E-state index contributed by atoms with van der Waals surface area (Å²) in [5.41, 5.74) is 1.20. The first-order valence-corrected chi connectivity index (χ1v) is 9.94. The highest BCUT2D eigenvalue weighted by Gasteiger charge is 2.24. The second-order valence-electron chi connectivity index (χ2n) is 7.23. The van der Waals surface area contributed by atoms with Crippen LogP contribution in [0.15, 0.2) is 24.3 Å². The van der Waals surface area contributed by atoms with Crippen LogP contribution in [-0.4, -0.2) is 43.7 Å². The van der Waals surface area contributed by atoms with Crippen molar-refractivity contribution in [3.63, 3.8) is 0 Å². The Kier molecular flexibility index (Phi) is 7.14. The quantitative estimate of drug-likeness (QED) is 0.834. The van der Waals surface area contributed by atoms with Crippen LogP contribution in [0, 0.1) is 5.92 Å². The van der Waals surface area contributed by atoms with Crippen molar-refractivity contribution in [2.75, 3.05) is 32.8 Å². The van der Waals surface area contributed by atoms with E-state index in [1.165, 1.54) is 37.7 Å². The first-order valence-electron chi connectivity index (χ1n) is 9.56. The third-order valence-corrected chi connectivity index (χ3v) is 5.68. The molecule has 1 heterocycles. The molecule has 1 aliphatic carbocycles. The van der Waals surface area contributed by atoms with Crippen molar-refractivity contribution >= 4 is 17.5 Å². The summed E-state index contributed by atoms with van der Waals surface area (Å²) in [4.78, 5) is 14.8. The molecule has 1 aromatic carbocycles. The number of rotatable bonds is 6. The first-order chi connectivity index (χ1) is 12.2. The summed E-state index contributed by atoms with van der Waals surface area (Å²) in [7, 11) is 0. The van der Waals surface area contributed by atoms with Gasteiger partial charge in [-0.2, -0.15) is 0 Å². The average molecular weight is 365 g/mol. The Morgan fingerprint density at radius 1 is 1.16 bits per heavy atom. The predicted molar refractivity (Wildman–Crippen MR) is 101 cm³/mol. The van der Waals surface area contributed by atoms with Gasteiger partial charge in [-0.05, 0) is 36.5 Å². The van der Waals surface area contributed by atoms with E-state index >= 15 is 0 Å². The highest BCUT2D eigenvalue weighted by Crippen LogP contribution is 2.27. The van der Waals surface area contributed by atoms with Gasteiger partial charge in [-0.1, -0.05) is 43.0 Å². The summed E-state index contributed by atoms with van der Waals surface area (Å²) in [6.07, 6.45) is 6.97. The summed E-state index contributed by atoms with van der Waals surface area (Å²) >= 11 is 6.03. The molecule has 1 saturated heterocycles. The lowest BCUT2D eigenvalue weighted by Crippen LogP contribution is -2.44. The summed E-state index contributed by atoms with van der Waals surface area (Å²) in [5.74, 6) is 0.769. The largest absolute Gasteiger partial charge is 0.379 e. The minimum atomic E-state index is 0.177. The van der Waals surface area contributed by atoms with Crippen molar-refractivity contribution in [1.82, 2.24) is 10.2 Å². The molecule has 1 N–H and O–H groups in total. The van der Waals surface area contributed by atoms with Gasteiger partial charge in [0.15, 0.2) is 0 Å². The fourth-order valence-electron chi connectivity index (χ4n) is 3.97. The molecule has 138 valence electrons. The van der Waals surface area contributed by atoms with Crippen LogP contribution in [0.2, 0.25) is 5.02 Å². The molecular weight excluding hydrogens is 336 g/mol. The summed E-state index contributed by atoms with van der Waals surface area (Å²) in [5, 5.41) is 3.93. The van der Waals surface area contributed by atoms with Crippen LogP contribution in [0.5, 0.6) is 0 Å². The molecular formula is C20H29ClN2O2. The van der Waals surface area contributed by atoms with Crippen LogP contribution in [0.1, 0.15) is 50.1 Å². The molecule has 0 aromatic heterocycles. The van der Waals surface area contributed by atoms with E-state index in [0.717, 1.165) is 31.3 Å². The van der Waals surface area contributed by atoms with Crippen molar-refractivity contribution in [2.24, 2.45) is 5.92 Å². The van der Waals surface area contributed by atoms with Crippen LogP contribution < -0.4 is 5.32 Å². The van der Waals surface area contributed by atoms with Gasteiger partial charge in [0.2, 0.25) is 5.91 Å². The lowest BCUT2D eigenvalue weighted by atomic mass is 9.87. The van der Waals surface area contributed by atoms with Gasteiger partial charge in [0.05, 0.1) is 19.3 Å². The predicted octanol–water partition coefficient (Wildman–Crippen LogP) is 3.80. The van der Waals surface area contributed by atoms with E-state index in [2.05, 4.69) is 22.3 Å². The minimum Gasteiger partial charge on any atom is -0.379 e. The molecule has 2 aliphatic rings. The lowest BCUT2D eigenvalue weighted by molar-refractivity contribution is -0.122. The zero-order chi connectivity index (χ0) is 17.5. The zero-order valence-electron chi connectivity index (χ0n) is 14.9. The van der Waals surface area contributed by atoms with Crippen molar-refractivity contribution in [2.45, 2.75) is 44.6 Å². The smallest absolute Gasteiger partial charge is 0.220 e. The fourth-order valence-corrected chi connectivity index (χ4v) is 4.09. The van der Waals surface area contributed by atoms with Gasteiger partial charge in [0, 0.05) is 31.1 Å². The third-order valence-electron chi connectivity index (χ3n) is 5.43. The molecule has 1 amide bonds. The third kappa shape index (κ3) is 5.70. The number of amides is 1. The number of morpholine rings is 1. The Morgan fingerprint density at radius 2 is 1.84 bits per heavy atom. The first kappa shape index (κ1) is 18.7. The van der Waals surface area contributed by atoms with E-state index in [1.807, 2.05) is 12.1 Å². The molecule has 5 heteroatoms. The number of nitrogens with one attached hydrogen (secondary N) is 1. The van der Waals surface area contributed by atoms with Crippen LogP contribution in [0.25, 0.3) is 0 Å². The van der Waals surface area contributed by atoms with E-state index in [9.17, 15) is 4.79 Å². The maximum absolute atomic E-state index is 12.4. The monoisotopic (exact) mass is 364 g/mol. The number of carbonyl (C=O) groups is 1. The van der Waals surface area contributed by atoms with Crippen molar-refractivity contribution in [1.29, 1.82) is 0 Å². The Labute approximate surface area is 155 Å². The second kappa shape index (κ2) is 9.56. The van der Waals surface area contributed by atoms with E-state index < -0.39 is 0 Å². The zero-order valence-corrected chi connectivity index (χ0v) is 15.6. The molecule has 4 nitrogen and oxygen atoms in total. The van der Waals surface area contributed by atoms with Gasteiger partial charge >= 0.3 is 0 Å². The lowest BCUT2D eigenvalue weighted by Gasteiger charge is -2.35. The maximum atomic E-state index is 12.4. The number of nitrogens with zero attached hydrogens (tertiary/aromatic N) is 1. The second-order valence-corrected chi connectivity index (χ2v) is 7.66. The Bertz CT molecular complexity index is 537. The minimum absolute atomic E-state index is 0.177. The van der Waals surface area contributed by atoms with E-state index in [4.69, 9.17) is 16.3 Å². The van der Waals surface area contributed by atoms with Crippen LogP contribution in [0.4, 0.5) is 0 Å². The molecule has 1 saturated carbocycles. The Morgan fingerprint density at radius 3 is 2.52 bits per heavy atom. The maximum Gasteiger partial charge on any atom is 0.220 e. The van der Waals surface area contributed by atoms with Gasteiger partial charge in [0.25, 0.3) is 0 Å². The van der Waals surface area contributed by atoms with Crippen molar-refractivity contribution < 1.29 is 9.53 Å². The van der Waals surface area contributed by atoms with Crippen LogP contribution >= 0.6 is 11.6 Å². The van der Waals surface area contributed by atoms with Gasteiger partial charge in [0.1, 0.15) is 0 Å². The molecule has 0 radical (unpaired) electrons. The molecule has 3 rings (SSSR count). The number of carbonyl (C=O) groups excluding carboxylic acids is 1. The van der Waals surface area contributed by atoms with Gasteiger partial charge in [-0.3, -0.25) is 9.69 Å². The average Bonchev–Trinajstić information content (AvgIpc) is 2.65. The number of halogens is 1. The summed E-state index contributed by atoms with van der Waals surface area (Å²) < 4.78 is 5.48. The van der Waals surface area contributed by atoms with Crippen molar-refractivity contribution in [3.05, 3.63) is 34.9 Å². The molecule has 1 atom stereocenters. The van der Waals surface area contributed by atoms with E-state index in [1.54, 1.807) is 0 Å². The topological polar surface area (TPSA) is 41.6 Å². The Hall–Kier alpha value is -1.10. The number of ether oxygens (including phenoxy) is 1. The van der Waals surface area contributed by atoms with E-state index in [-0.39, 0.29) is 11.9 Å². The molecule has 0 bridgehead atoms. The Balaban J connectivity index is 1.58. The highest BCUT2D eigenvalue weighted by atomic mass is 35.5. The number of hydrogen-bond donors (Lipinski definition) is 1. The molecule has 25 heavy (non-hydrogen) atoms. The summed E-state index contributed by atoms with van der Waals surface area (Å²) in [6.45, 7) is 3.94. The van der Waals surface area contributed by atoms with Crippen LogP contribution in [0.3, 0.4) is 0 Å². The van der Waals surface area contributed by atoms with E-state index in [0.29, 0.717) is 18.9 Å². The van der Waals surface area contributed by atoms with Gasteiger partial charge in [-0.25, -0.2) is 0 Å². The van der Waals surface area contributed by atoms with Crippen molar-refractivity contribution in [3.8, 4) is 0 Å². The number of hydrogen-bond acceptors (Lipinski definition) is 3. The molecule has 1 aliphatic heterocycles. The van der Waals surface area contributed by atoms with Gasteiger partial charge < -0.3 is 10.1 Å². The molecule has 2 fully saturated rings. The SMILES string of the molecule is O=C(CC1CCCCC1)NCC(c1ccc(Cl)cc1)N1CCOCC1. The van der Waals surface area contributed by atoms with Crippen LogP contribution in [-0.2, 0) is 9.53 Å². The number of benzene rings is 1. The molecule has 1 unspecified atom stereocenters.